The van der Waals surface area contributed by atoms with Gasteiger partial charge in [-0.15, -0.1) is 0 Å². The molecule has 0 aromatic heterocycles. The molecule has 0 amide bonds. The Hall–Kier alpha value is -1.33. The minimum absolute atomic E-state index is 0.0581. The van der Waals surface area contributed by atoms with Crippen LogP contribution in [-0.4, -0.2) is 29.7 Å². The molecule has 0 bridgehead atoms. The Bertz CT molecular complexity index is 466. The van der Waals surface area contributed by atoms with Crippen molar-refractivity contribution in [3.05, 3.63) is 23.8 Å². The van der Waals surface area contributed by atoms with Crippen molar-refractivity contribution in [1.82, 2.24) is 0 Å². The van der Waals surface area contributed by atoms with Gasteiger partial charge >= 0.3 is 7.12 Å². The summed E-state index contributed by atoms with van der Waals surface area (Å²) < 4.78 is 11.7. The van der Waals surface area contributed by atoms with Gasteiger partial charge in [-0.25, -0.2) is 0 Å². The Morgan fingerprint density at radius 2 is 1.72 bits per heavy atom. The van der Waals surface area contributed by atoms with Crippen LogP contribution in [0.3, 0.4) is 0 Å². The summed E-state index contributed by atoms with van der Waals surface area (Å²) in [5.41, 5.74) is -0.160. The number of hydrogen-bond acceptors (Lipinski definition) is 4. The third-order valence-corrected chi connectivity index (χ3v) is 3.74. The summed E-state index contributed by atoms with van der Waals surface area (Å²) in [6.45, 7) is 7.76. The first-order valence-corrected chi connectivity index (χ1v) is 5.91. The van der Waals surface area contributed by atoms with E-state index < -0.39 is 18.3 Å². The minimum Gasteiger partial charge on any atom is -0.507 e. The number of aromatic hydroxyl groups is 1. The molecule has 1 aliphatic rings. The van der Waals surface area contributed by atoms with Crippen molar-refractivity contribution in [2.75, 3.05) is 0 Å². The molecule has 1 heterocycles. The van der Waals surface area contributed by atoms with Crippen LogP contribution in [0.4, 0.5) is 0 Å². The Morgan fingerprint density at radius 1 is 1.17 bits per heavy atom. The van der Waals surface area contributed by atoms with Crippen LogP contribution in [0.2, 0.25) is 0 Å². The topological polar surface area (TPSA) is 55.8 Å². The molecule has 1 saturated heterocycles. The molecule has 0 unspecified atom stereocenters. The van der Waals surface area contributed by atoms with Gasteiger partial charge in [-0.1, -0.05) is 12.1 Å². The maximum atomic E-state index is 11.1. The number of aldehydes is 1. The molecule has 0 saturated carbocycles. The molecule has 18 heavy (non-hydrogen) atoms. The van der Waals surface area contributed by atoms with Gasteiger partial charge in [0.25, 0.3) is 0 Å². The predicted molar refractivity (Wildman–Crippen MR) is 69.2 cm³/mol. The van der Waals surface area contributed by atoms with Gasteiger partial charge < -0.3 is 14.4 Å². The molecule has 5 heteroatoms. The van der Waals surface area contributed by atoms with Gasteiger partial charge in [0.15, 0.2) is 6.29 Å². The normalized spacial score (nSPS) is 21.0. The zero-order valence-corrected chi connectivity index (χ0v) is 11.1. The summed E-state index contributed by atoms with van der Waals surface area (Å²) >= 11 is 0. The highest BCUT2D eigenvalue weighted by atomic mass is 16.7. The number of phenols is 1. The van der Waals surface area contributed by atoms with E-state index in [2.05, 4.69) is 0 Å². The lowest BCUT2D eigenvalue weighted by Gasteiger charge is -2.32. The number of hydrogen-bond donors (Lipinski definition) is 1. The highest BCUT2D eigenvalue weighted by Crippen LogP contribution is 2.36. The van der Waals surface area contributed by atoms with Gasteiger partial charge in [-0.3, -0.25) is 4.79 Å². The first-order chi connectivity index (χ1) is 8.28. The predicted octanol–water partition coefficient (Wildman–Crippen LogP) is 1.50. The minimum atomic E-state index is -0.637. The lowest BCUT2D eigenvalue weighted by atomic mass is 9.76. The zero-order chi connectivity index (χ0) is 13.6. The molecule has 1 aromatic rings. The number of rotatable bonds is 2. The fraction of sp³-hybridized carbons (Fsp3) is 0.462. The van der Waals surface area contributed by atoms with Crippen LogP contribution in [0.5, 0.6) is 5.75 Å². The molecule has 1 aliphatic heterocycles. The molecule has 0 spiro atoms. The van der Waals surface area contributed by atoms with Crippen LogP contribution in [-0.2, 0) is 9.31 Å². The summed E-state index contributed by atoms with van der Waals surface area (Å²) in [4.78, 5) is 11.1. The quantitative estimate of drug-likeness (QED) is 0.636. The van der Waals surface area contributed by atoms with Crippen molar-refractivity contribution in [1.29, 1.82) is 0 Å². The van der Waals surface area contributed by atoms with Crippen LogP contribution in [0.25, 0.3) is 0 Å². The van der Waals surface area contributed by atoms with E-state index in [0.29, 0.717) is 11.7 Å². The fourth-order valence-electron chi connectivity index (χ4n) is 1.87. The number of benzene rings is 1. The Kier molecular flexibility index (Phi) is 2.99. The lowest BCUT2D eigenvalue weighted by Crippen LogP contribution is -2.41. The Balaban J connectivity index is 2.41. The highest BCUT2D eigenvalue weighted by Gasteiger charge is 2.52. The fourth-order valence-corrected chi connectivity index (χ4v) is 1.87. The van der Waals surface area contributed by atoms with Gasteiger partial charge in [0.2, 0.25) is 0 Å². The zero-order valence-electron chi connectivity index (χ0n) is 11.1. The molecule has 2 rings (SSSR count). The van der Waals surface area contributed by atoms with Gasteiger partial charge in [0.05, 0.1) is 16.8 Å². The molecule has 96 valence electrons. The number of carbonyl (C=O) groups is 1. The van der Waals surface area contributed by atoms with E-state index in [1.165, 1.54) is 6.07 Å². The maximum absolute atomic E-state index is 11.1. The van der Waals surface area contributed by atoms with E-state index in [1.54, 1.807) is 12.1 Å². The second kappa shape index (κ2) is 4.11. The van der Waals surface area contributed by atoms with E-state index in [4.69, 9.17) is 9.31 Å². The average molecular weight is 248 g/mol. The number of carbonyl (C=O) groups excluding carboxylic acids is 1. The Labute approximate surface area is 107 Å². The van der Waals surface area contributed by atoms with E-state index in [9.17, 15) is 9.90 Å². The van der Waals surface area contributed by atoms with Crippen LogP contribution in [0.15, 0.2) is 18.2 Å². The Morgan fingerprint density at radius 3 is 2.22 bits per heavy atom. The van der Waals surface area contributed by atoms with E-state index in [1.807, 2.05) is 27.7 Å². The van der Waals surface area contributed by atoms with Crippen LogP contribution < -0.4 is 5.46 Å². The van der Waals surface area contributed by atoms with Gasteiger partial charge in [0, 0.05) is 0 Å². The monoisotopic (exact) mass is 248 g/mol. The molecule has 1 aromatic carbocycles. The SMILES string of the molecule is CC1(C)OB(c2cccc(O)c2C=O)OC1(C)C. The van der Waals surface area contributed by atoms with Crippen molar-refractivity contribution in [3.63, 3.8) is 0 Å². The van der Waals surface area contributed by atoms with E-state index >= 15 is 0 Å². The number of phenolic OH excluding ortho intramolecular Hbond substituents is 1. The van der Waals surface area contributed by atoms with E-state index in [-0.39, 0.29) is 11.3 Å². The van der Waals surface area contributed by atoms with E-state index in [0.717, 1.165) is 0 Å². The van der Waals surface area contributed by atoms with Gasteiger partial charge in [-0.2, -0.15) is 0 Å². The lowest BCUT2D eigenvalue weighted by molar-refractivity contribution is 0.00578. The summed E-state index contributed by atoms with van der Waals surface area (Å²) in [5, 5.41) is 9.67. The van der Waals surface area contributed by atoms with Crippen molar-refractivity contribution >= 4 is 18.9 Å². The molecule has 0 aliphatic carbocycles. The standard InChI is InChI=1S/C13H17BO4/c1-12(2)13(3,4)18-14(17-12)10-6-5-7-11(16)9(10)8-15/h5-8,16H,1-4H3. The molecular weight excluding hydrogens is 231 g/mol. The van der Waals surface area contributed by atoms with Crippen molar-refractivity contribution in [2.24, 2.45) is 0 Å². The van der Waals surface area contributed by atoms with Crippen LogP contribution in [0, 0.1) is 0 Å². The average Bonchev–Trinajstić information content (AvgIpc) is 2.47. The summed E-state index contributed by atoms with van der Waals surface area (Å²) in [6.07, 6.45) is 0.621. The molecule has 1 fully saturated rings. The molecule has 0 radical (unpaired) electrons. The second-order valence-electron chi connectivity index (χ2n) is 5.49. The molecule has 1 N–H and O–H groups in total. The van der Waals surface area contributed by atoms with Gasteiger partial charge in [0.1, 0.15) is 5.75 Å². The highest BCUT2D eigenvalue weighted by molar-refractivity contribution is 6.63. The smallest absolute Gasteiger partial charge is 0.495 e. The molecular formula is C13H17BO4. The summed E-state index contributed by atoms with van der Waals surface area (Å²) in [5.74, 6) is -0.0581. The summed E-state index contributed by atoms with van der Waals surface area (Å²) in [7, 11) is -0.637. The van der Waals surface area contributed by atoms with Crippen LogP contribution in [0.1, 0.15) is 38.1 Å². The molecule has 4 nitrogen and oxygen atoms in total. The van der Waals surface area contributed by atoms with Crippen molar-refractivity contribution < 1.29 is 19.2 Å². The van der Waals surface area contributed by atoms with Gasteiger partial charge in [-0.05, 0) is 39.2 Å². The summed E-state index contributed by atoms with van der Waals surface area (Å²) in [6, 6.07) is 4.87. The van der Waals surface area contributed by atoms with Crippen LogP contribution >= 0.6 is 0 Å². The largest absolute Gasteiger partial charge is 0.507 e. The maximum Gasteiger partial charge on any atom is 0.495 e. The first-order valence-electron chi connectivity index (χ1n) is 5.91. The van der Waals surface area contributed by atoms with Crippen molar-refractivity contribution in [3.8, 4) is 5.75 Å². The second-order valence-corrected chi connectivity index (χ2v) is 5.49. The molecule has 0 atom stereocenters. The first kappa shape index (κ1) is 13.1. The third kappa shape index (κ3) is 1.93. The van der Waals surface area contributed by atoms with Crippen molar-refractivity contribution in [2.45, 2.75) is 38.9 Å². The third-order valence-electron chi connectivity index (χ3n) is 3.74.